The molecule has 0 saturated heterocycles. The Morgan fingerprint density at radius 1 is 1.22 bits per heavy atom. The number of hydrogen-bond acceptors (Lipinski definition) is 2. The van der Waals surface area contributed by atoms with Gasteiger partial charge in [0.2, 0.25) is 5.91 Å². The Hall–Kier alpha value is -0.570. The minimum Gasteiger partial charge on any atom is -0.353 e. The van der Waals surface area contributed by atoms with Crippen LogP contribution in [0.3, 0.4) is 0 Å². The Balaban J connectivity index is 1.94. The smallest absolute Gasteiger partial charge is 0.223 e. The summed E-state index contributed by atoms with van der Waals surface area (Å²) in [4.78, 5) is 12.4. The van der Waals surface area contributed by atoms with Crippen molar-refractivity contribution in [2.24, 2.45) is 23.0 Å². The molecular formula is C15H28N2O. The topological polar surface area (TPSA) is 55.1 Å². The lowest BCUT2D eigenvalue weighted by Gasteiger charge is -2.39. The van der Waals surface area contributed by atoms with Gasteiger partial charge in [-0.2, -0.15) is 0 Å². The Morgan fingerprint density at radius 2 is 2.00 bits per heavy atom. The molecule has 104 valence electrons. The lowest BCUT2D eigenvalue weighted by atomic mass is 9.73. The first kappa shape index (κ1) is 13.9. The molecule has 0 heterocycles. The Labute approximate surface area is 111 Å². The van der Waals surface area contributed by atoms with Crippen molar-refractivity contribution in [2.75, 3.05) is 6.54 Å². The van der Waals surface area contributed by atoms with E-state index >= 15 is 0 Å². The second kappa shape index (κ2) is 5.60. The van der Waals surface area contributed by atoms with Crippen LogP contribution >= 0.6 is 0 Å². The van der Waals surface area contributed by atoms with Gasteiger partial charge < -0.3 is 11.1 Å². The molecule has 2 fully saturated rings. The molecule has 1 amide bonds. The van der Waals surface area contributed by atoms with Crippen LogP contribution in [0.5, 0.6) is 0 Å². The summed E-state index contributed by atoms with van der Waals surface area (Å²) in [6, 6.07) is 0.359. The molecule has 2 aliphatic carbocycles. The van der Waals surface area contributed by atoms with Crippen LogP contribution in [0, 0.1) is 17.3 Å². The predicted molar refractivity (Wildman–Crippen MR) is 74.1 cm³/mol. The zero-order valence-corrected chi connectivity index (χ0v) is 11.9. The van der Waals surface area contributed by atoms with Crippen LogP contribution in [0.25, 0.3) is 0 Å². The van der Waals surface area contributed by atoms with Crippen LogP contribution < -0.4 is 11.1 Å². The molecule has 0 aromatic carbocycles. The molecule has 2 rings (SSSR count). The molecule has 3 heteroatoms. The van der Waals surface area contributed by atoms with Crippen LogP contribution in [-0.4, -0.2) is 18.5 Å². The first-order chi connectivity index (χ1) is 8.54. The van der Waals surface area contributed by atoms with Crippen molar-refractivity contribution in [3.8, 4) is 0 Å². The fourth-order valence-corrected chi connectivity index (χ4v) is 3.70. The highest BCUT2D eigenvalue weighted by Gasteiger charge is 2.37. The minimum absolute atomic E-state index is 0.174. The minimum atomic E-state index is 0.174. The van der Waals surface area contributed by atoms with E-state index in [9.17, 15) is 4.79 Å². The molecule has 0 aliphatic heterocycles. The number of hydrogen-bond donors (Lipinski definition) is 2. The van der Waals surface area contributed by atoms with E-state index in [2.05, 4.69) is 19.2 Å². The fourth-order valence-electron chi connectivity index (χ4n) is 3.70. The average Bonchev–Trinajstić information content (AvgIpc) is 2.79. The van der Waals surface area contributed by atoms with Crippen LogP contribution in [0.1, 0.15) is 58.8 Å². The number of rotatable bonds is 3. The number of carbonyl (C=O) groups excluding carboxylic acids is 1. The molecule has 0 bridgehead atoms. The summed E-state index contributed by atoms with van der Waals surface area (Å²) in [5.74, 6) is 0.854. The van der Waals surface area contributed by atoms with Crippen molar-refractivity contribution < 1.29 is 4.79 Å². The van der Waals surface area contributed by atoms with E-state index in [0.29, 0.717) is 18.5 Å². The summed E-state index contributed by atoms with van der Waals surface area (Å²) in [5.41, 5.74) is 6.02. The maximum absolute atomic E-state index is 12.4. The maximum Gasteiger partial charge on any atom is 0.223 e. The third-order valence-electron chi connectivity index (χ3n) is 5.12. The van der Waals surface area contributed by atoms with Crippen LogP contribution in [-0.2, 0) is 4.79 Å². The van der Waals surface area contributed by atoms with Crippen molar-refractivity contribution >= 4 is 5.91 Å². The van der Waals surface area contributed by atoms with Gasteiger partial charge in [-0.15, -0.1) is 0 Å². The summed E-state index contributed by atoms with van der Waals surface area (Å²) in [6.07, 6.45) is 8.23. The molecular weight excluding hydrogens is 224 g/mol. The summed E-state index contributed by atoms with van der Waals surface area (Å²) >= 11 is 0. The van der Waals surface area contributed by atoms with Gasteiger partial charge in [0.15, 0.2) is 0 Å². The zero-order chi connectivity index (χ0) is 13.2. The van der Waals surface area contributed by atoms with Crippen molar-refractivity contribution in [1.29, 1.82) is 0 Å². The molecule has 0 aromatic heterocycles. The third kappa shape index (κ3) is 2.87. The van der Waals surface area contributed by atoms with Gasteiger partial charge in [0, 0.05) is 12.0 Å². The van der Waals surface area contributed by atoms with E-state index in [0.717, 1.165) is 25.7 Å². The first-order valence-electron chi connectivity index (χ1n) is 7.55. The third-order valence-corrected chi connectivity index (χ3v) is 5.12. The fraction of sp³-hybridized carbons (Fsp3) is 0.933. The Bertz CT molecular complexity index is 301. The van der Waals surface area contributed by atoms with E-state index in [1.165, 1.54) is 19.3 Å². The van der Waals surface area contributed by atoms with Crippen molar-refractivity contribution in [3.05, 3.63) is 0 Å². The number of nitrogens with two attached hydrogens (primary N) is 1. The predicted octanol–water partition coefficient (Wildman–Crippen LogP) is 2.45. The Morgan fingerprint density at radius 3 is 2.67 bits per heavy atom. The standard InChI is InChI=1S/C15H28N2O/c1-15(2)9-4-3-8-13(15)17-14(18)12-7-5-6-11(12)10-16/h11-13H,3-10,16H2,1-2H3,(H,17,18)/t11-,12-,13?/m1/s1. The highest BCUT2D eigenvalue weighted by atomic mass is 16.2. The molecule has 3 atom stereocenters. The molecule has 0 aromatic rings. The largest absolute Gasteiger partial charge is 0.353 e. The van der Waals surface area contributed by atoms with E-state index in [4.69, 9.17) is 5.73 Å². The summed E-state index contributed by atoms with van der Waals surface area (Å²) in [5, 5.41) is 3.32. The molecule has 1 unspecified atom stereocenters. The normalized spacial score (nSPS) is 35.4. The molecule has 0 spiro atoms. The van der Waals surface area contributed by atoms with E-state index < -0.39 is 0 Å². The molecule has 0 radical (unpaired) electrons. The average molecular weight is 252 g/mol. The lowest BCUT2D eigenvalue weighted by Crippen LogP contribution is -2.49. The van der Waals surface area contributed by atoms with Gasteiger partial charge in [-0.3, -0.25) is 4.79 Å². The highest BCUT2D eigenvalue weighted by molar-refractivity contribution is 5.79. The first-order valence-corrected chi connectivity index (χ1v) is 7.55. The van der Waals surface area contributed by atoms with Crippen LogP contribution in [0.4, 0.5) is 0 Å². The van der Waals surface area contributed by atoms with Gasteiger partial charge in [0.05, 0.1) is 0 Å². The van der Waals surface area contributed by atoms with E-state index in [-0.39, 0.29) is 17.2 Å². The highest BCUT2D eigenvalue weighted by Crippen LogP contribution is 2.37. The monoisotopic (exact) mass is 252 g/mol. The van der Waals surface area contributed by atoms with Crippen LogP contribution in [0.2, 0.25) is 0 Å². The van der Waals surface area contributed by atoms with Crippen LogP contribution in [0.15, 0.2) is 0 Å². The molecule has 2 saturated carbocycles. The second-order valence-corrected chi connectivity index (χ2v) is 6.83. The van der Waals surface area contributed by atoms with Gasteiger partial charge in [-0.05, 0) is 43.6 Å². The number of carbonyl (C=O) groups is 1. The summed E-state index contributed by atoms with van der Waals surface area (Å²) < 4.78 is 0. The maximum atomic E-state index is 12.4. The summed E-state index contributed by atoms with van der Waals surface area (Å²) in [6.45, 7) is 5.23. The van der Waals surface area contributed by atoms with Gasteiger partial charge in [0.25, 0.3) is 0 Å². The van der Waals surface area contributed by atoms with E-state index in [1.807, 2.05) is 0 Å². The van der Waals surface area contributed by atoms with Crippen molar-refractivity contribution in [2.45, 2.75) is 64.8 Å². The van der Waals surface area contributed by atoms with Gasteiger partial charge >= 0.3 is 0 Å². The molecule has 3 nitrogen and oxygen atoms in total. The van der Waals surface area contributed by atoms with Gasteiger partial charge in [-0.25, -0.2) is 0 Å². The van der Waals surface area contributed by atoms with Crippen molar-refractivity contribution in [1.82, 2.24) is 5.32 Å². The second-order valence-electron chi connectivity index (χ2n) is 6.83. The van der Waals surface area contributed by atoms with Gasteiger partial charge in [-0.1, -0.05) is 33.1 Å². The zero-order valence-electron chi connectivity index (χ0n) is 11.9. The quantitative estimate of drug-likeness (QED) is 0.810. The number of amides is 1. The number of nitrogens with one attached hydrogen (secondary N) is 1. The van der Waals surface area contributed by atoms with Gasteiger partial charge in [0.1, 0.15) is 0 Å². The molecule has 3 N–H and O–H groups in total. The molecule has 2 aliphatic rings. The Kier molecular flexibility index (Phi) is 4.31. The van der Waals surface area contributed by atoms with Crippen molar-refractivity contribution in [3.63, 3.8) is 0 Å². The SMILES string of the molecule is CC1(C)CCCCC1NC(=O)[C@@H]1CCC[C@@H]1CN. The molecule has 18 heavy (non-hydrogen) atoms. The summed E-state index contributed by atoms with van der Waals surface area (Å²) in [7, 11) is 0. The van der Waals surface area contributed by atoms with E-state index in [1.54, 1.807) is 0 Å². The lowest BCUT2D eigenvalue weighted by molar-refractivity contribution is -0.127.